The fourth-order valence-corrected chi connectivity index (χ4v) is 9.29. The zero-order chi connectivity index (χ0) is 32.5. The molecule has 12 nitrogen and oxygen atoms in total. The minimum atomic E-state index is 0.0129. The summed E-state index contributed by atoms with van der Waals surface area (Å²) in [5.74, 6) is 4.71. The van der Waals surface area contributed by atoms with Crippen LogP contribution in [0.3, 0.4) is 0 Å². The van der Waals surface area contributed by atoms with E-state index in [-0.39, 0.29) is 23.3 Å². The first-order valence-corrected chi connectivity index (χ1v) is 17.5. The van der Waals surface area contributed by atoms with Crippen molar-refractivity contribution in [3.05, 3.63) is 42.5 Å². The molecule has 3 heterocycles. The monoisotopic (exact) mass is 653 g/mol. The van der Waals surface area contributed by atoms with Crippen LogP contribution in [0.5, 0.6) is 5.75 Å². The highest BCUT2D eigenvalue weighted by atomic mass is 16.5. The second-order valence-corrected chi connectivity index (χ2v) is 14.5. The molecular weight excluding hydrogens is 610 g/mol. The first-order valence-electron chi connectivity index (χ1n) is 17.5. The molecule has 48 heavy (non-hydrogen) atoms. The summed E-state index contributed by atoms with van der Waals surface area (Å²) in [6.45, 7) is 2.58. The highest BCUT2D eigenvalue weighted by molar-refractivity contribution is 5.94. The van der Waals surface area contributed by atoms with Gasteiger partial charge in [-0.25, -0.2) is 0 Å². The number of benzene rings is 2. The van der Waals surface area contributed by atoms with Crippen LogP contribution in [0, 0.1) is 23.2 Å². The third-order valence-corrected chi connectivity index (χ3v) is 11.0. The lowest BCUT2D eigenvalue weighted by Crippen LogP contribution is -2.48. The van der Waals surface area contributed by atoms with Crippen LogP contribution >= 0.6 is 0 Å². The summed E-state index contributed by atoms with van der Waals surface area (Å²) in [4.78, 5) is 27.5. The minimum absolute atomic E-state index is 0.0129. The Labute approximate surface area is 279 Å². The quantitative estimate of drug-likeness (QED) is 0.198. The van der Waals surface area contributed by atoms with Crippen molar-refractivity contribution in [2.75, 3.05) is 32.8 Å². The van der Waals surface area contributed by atoms with Crippen molar-refractivity contribution in [2.45, 2.75) is 70.3 Å². The number of likely N-dealkylation sites (tertiary alicyclic amines) is 1. The molecule has 12 heteroatoms. The van der Waals surface area contributed by atoms with Crippen molar-refractivity contribution in [3.63, 3.8) is 0 Å². The zero-order valence-electron chi connectivity index (χ0n) is 27.2. The Morgan fingerprint density at radius 3 is 2.52 bits per heavy atom. The van der Waals surface area contributed by atoms with Crippen molar-refractivity contribution in [1.29, 1.82) is 0 Å². The minimum Gasteiger partial charge on any atom is -0.490 e. The van der Waals surface area contributed by atoms with Crippen LogP contribution in [0.25, 0.3) is 33.6 Å². The SMILES string of the molecule is O=C(CC12CC3CC(CC(C3)C1)C2)NCCOCCC(=O)N1CCC(Oc2cccc(-c3onc4ccc(-c5nn[nH]n5)cc34)c2)CC1. The molecule has 1 saturated heterocycles. The van der Waals surface area contributed by atoms with Crippen LogP contribution in [0.1, 0.15) is 64.2 Å². The normalized spacial score (nSPS) is 25.1. The molecule has 4 aliphatic carbocycles. The van der Waals surface area contributed by atoms with Crippen LogP contribution in [0.15, 0.2) is 47.0 Å². The van der Waals surface area contributed by atoms with Gasteiger partial charge in [-0.1, -0.05) is 17.3 Å². The molecule has 2 aromatic heterocycles. The average molecular weight is 654 g/mol. The third kappa shape index (κ3) is 6.67. The first kappa shape index (κ1) is 31.0. The number of rotatable bonds is 12. The van der Waals surface area contributed by atoms with E-state index >= 15 is 0 Å². The molecule has 2 N–H and O–H groups in total. The molecule has 2 aromatic carbocycles. The molecule has 0 radical (unpaired) electrons. The molecule has 2 amide bonds. The van der Waals surface area contributed by atoms with Crippen LogP contribution in [-0.4, -0.2) is 81.4 Å². The Morgan fingerprint density at radius 2 is 1.77 bits per heavy atom. The van der Waals surface area contributed by atoms with Crippen molar-refractivity contribution in [2.24, 2.45) is 23.2 Å². The van der Waals surface area contributed by atoms with E-state index in [1.165, 1.54) is 38.5 Å². The Bertz CT molecular complexity index is 1710. The summed E-state index contributed by atoms with van der Waals surface area (Å²) < 4.78 is 17.8. The van der Waals surface area contributed by atoms with Gasteiger partial charge < -0.3 is 24.2 Å². The standard InChI is InChI=1S/C36H43N7O5/c44-32(22-36-19-23-14-24(20-36)16-25(15-23)21-36)37-9-13-46-12-8-33(45)43-10-6-28(7-11-43)47-29-3-1-2-26(17-29)34-30-18-27(35-38-41-42-39-35)4-5-31(30)40-48-34/h1-5,17-18,23-25,28H,6-16,19-22H2,(H,37,44)(H,38,39,41,42). The van der Waals surface area contributed by atoms with E-state index in [0.717, 1.165) is 58.4 Å². The van der Waals surface area contributed by atoms with Crippen molar-refractivity contribution in [3.8, 4) is 28.5 Å². The topological polar surface area (TPSA) is 148 Å². The fourth-order valence-electron chi connectivity index (χ4n) is 9.29. The molecule has 5 aliphatic rings. The number of H-pyrrole nitrogens is 1. The lowest BCUT2D eigenvalue weighted by molar-refractivity contribution is -0.134. The van der Waals surface area contributed by atoms with Gasteiger partial charge in [0.15, 0.2) is 5.76 Å². The largest absolute Gasteiger partial charge is 0.490 e. The van der Waals surface area contributed by atoms with E-state index in [4.69, 9.17) is 14.0 Å². The summed E-state index contributed by atoms with van der Waals surface area (Å²) in [6, 6.07) is 13.5. The predicted octanol–water partition coefficient (Wildman–Crippen LogP) is 5.17. The van der Waals surface area contributed by atoms with Crippen LogP contribution < -0.4 is 10.1 Å². The maximum absolute atomic E-state index is 12.8. The number of tetrazole rings is 1. The Kier molecular flexibility index (Phi) is 8.58. The van der Waals surface area contributed by atoms with Crippen molar-refractivity contribution >= 4 is 22.7 Å². The molecule has 0 spiro atoms. The highest BCUT2D eigenvalue weighted by Crippen LogP contribution is 2.61. The maximum Gasteiger partial charge on any atom is 0.224 e. The number of carbonyl (C=O) groups is 2. The molecule has 1 aliphatic heterocycles. The van der Waals surface area contributed by atoms with Gasteiger partial charge in [0, 0.05) is 50.0 Å². The predicted molar refractivity (Wildman–Crippen MR) is 177 cm³/mol. The van der Waals surface area contributed by atoms with E-state index < -0.39 is 0 Å². The van der Waals surface area contributed by atoms with Gasteiger partial charge in [-0.3, -0.25) is 9.59 Å². The Morgan fingerprint density at radius 1 is 0.979 bits per heavy atom. The molecule has 4 saturated carbocycles. The maximum atomic E-state index is 12.8. The molecule has 0 atom stereocenters. The smallest absolute Gasteiger partial charge is 0.224 e. The molecule has 252 valence electrons. The number of nitrogens with zero attached hydrogens (tertiary/aromatic N) is 5. The molecule has 0 unspecified atom stereocenters. The fraction of sp³-hybridized carbons (Fsp3) is 0.556. The van der Waals surface area contributed by atoms with E-state index in [1.54, 1.807) is 0 Å². The summed E-state index contributed by atoms with van der Waals surface area (Å²) >= 11 is 0. The van der Waals surface area contributed by atoms with Gasteiger partial charge in [0.2, 0.25) is 17.6 Å². The number of aromatic nitrogens is 5. The van der Waals surface area contributed by atoms with Crippen molar-refractivity contribution in [1.82, 2.24) is 36.0 Å². The third-order valence-electron chi connectivity index (χ3n) is 11.0. The number of hydrogen-bond acceptors (Lipinski definition) is 9. The lowest BCUT2D eigenvalue weighted by Gasteiger charge is -2.56. The molecule has 4 bridgehead atoms. The highest BCUT2D eigenvalue weighted by Gasteiger charge is 2.51. The number of fused-ring (bicyclic) bond motifs is 1. The van der Waals surface area contributed by atoms with Gasteiger partial charge in [-0.05, 0) is 97.2 Å². The number of nitrogens with one attached hydrogen (secondary N) is 2. The number of hydrogen-bond donors (Lipinski definition) is 2. The van der Waals surface area contributed by atoms with Gasteiger partial charge in [0.25, 0.3) is 0 Å². The second kappa shape index (κ2) is 13.3. The number of aromatic amines is 1. The first-order chi connectivity index (χ1) is 23.5. The second-order valence-electron chi connectivity index (χ2n) is 14.5. The molecular formula is C36H43N7O5. The van der Waals surface area contributed by atoms with E-state index in [2.05, 4.69) is 31.1 Å². The summed E-state index contributed by atoms with van der Waals surface area (Å²) in [5.41, 5.74) is 2.66. The average Bonchev–Trinajstić information content (AvgIpc) is 3.77. The molecule has 4 aromatic rings. The van der Waals surface area contributed by atoms with E-state index in [0.29, 0.717) is 57.3 Å². The number of amides is 2. The van der Waals surface area contributed by atoms with Gasteiger partial charge in [0.1, 0.15) is 17.4 Å². The van der Waals surface area contributed by atoms with E-state index in [9.17, 15) is 9.59 Å². The summed E-state index contributed by atoms with van der Waals surface area (Å²) in [6.07, 6.45) is 10.4. The number of ether oxygens (including phenoxy) is 2. The summed E-state index contributed by atoms with van der Waals surface area (Å²) in [7, 11) is 0. The van der Waals surface area contributed by atoms with Crippen molar-refractivity contribution < 1.29 is 23.6 Å². The number of piperidine rings is 1. The van der Waals surface area contributed by atoms with Crippen LogP contribution in [0.4, 0.5) is 0 Å². The van der Waals surface area contributed by atoms with Crippen LogP contribution in [-0.2, 0) is 14.3 Å². The Balaban J connectivity index is 0.750. The van der Waals surface area contributed by atoms with Gasteiger partial charge >= 0.3 is 0 Å². The lowest BCUT2D eigenvalue weighted by atomic mass is 9.49. The van der Waals surface area contributed by atoms with Gasteiger partial charge in [-0.15, -0.1) is 10.2 Å². The zero-order valence-corrected chi connectivity index (χ0v) is 27.2. The molecule has 5 fully saturated rings. The molecule has 9 rings (SSSR count). The van der Waals surface area contributed by atoms with Crippen LogP contribution in [0.2, 0.25) is 0 Å². The van der Waals surface area contributed by atoms with E-state index in [1.807, 2.05) is 47.4 Å². The Hall–Kier alpha value is -4.32. The summed E-state index contributed by atoms with van der Waals surface area (Å²) in [5, 5.41) is 22.4. The van der Waals surface area contributed by atoms with Gasteiger partial charge in [0.05, 0.1) is 25.0 Å². The number of carbonyl (C=O) groups excluding carboxylic acids is 2. The van der Waals surface area contributed by atoms with Gasteiger partial charge in [-0.2, -0.15) is 5.21 Å².